The molecule has 0 aliphatic carbocycles. The summed E-state index contributed by atoms with van der Waals surface area (Å²) in [6.07, 6.45) is 0. The molecule has 2 aromatic rings. The van der Waals surface area contributed by atoms with Gasteiger partial charge >= 0.3 is 5.97 Å². The van der Waals surface area contributed by atoms with Crippen LogP contribution in [-0.2, 0) is 9.53 Å². The van der Waals surface area contributed by atoms with Crippen molar-refractivity contribution in [2.45, 2.75) is 20.8 Å². The summed E-state index contributed by atoms with van der Waals surface area (Å²) < 4.78 is 5.04. The first-order valence-electron chi connectivity index (χ1n) is 8.33. The quantitative estimate of drug-likeness (QED) is 0.781. The maximum absolute atomic E-state index is 12.0. The predicted octanol–water partition coefficient (Wildman–Crippen LogP) is 2.85. The van der Waals surface area contributed by atoms with Gasteiger partial charge < -0.3 is 15.4 Å². The van der Waals surface area contributed by atoms with Crippen LogP contribution in [0.5, 0.6) is 0 Å². The van der Waals surface area contributed by atoms with Crippen LogP contribution in [0, 0.1) is 13.8 Å². The van der Waals surface area contributed by atoms with Crippen LogP contribution in [0.2, 0.25) is 0 Å². The fraction of sp³-hybridized carbons (Fsp3) is 0.250. The van der Waals surface area contributed by atoms with E-state index in [1.165, 1.54) is 0 Å². The van der Waals surface area contributed by atoms with Gasteiger partial charge in [0.15, 0.2) is 6.61 Å². The van der Waals surface area contributed by atoms with Crippen molar-refractivity contribution >= 4 is 23.5 Å². The highest BCUT2D eigenvalue weighted by atomic mass is 16.5. The van der Waals surface area contributed by atoms with Crippen LogP contribution >= 0.6 is 0 Å². The number of rotatable bonds is 6. The fourth-order valence-corrected chi connectivity index (χ4v) is 2.28. The minimum Gasteiger partial charge on any atom is -0.452 e. The standard InChI is InChI=1S/C20H22N2O4/c1-4-21-19(24)15-6-5-7-17(11-15)22-18(23)12-26-20(25)16-9-8-13(2)14(3)10-16/h5-11H,4,12H2,1-3H3,(H,21,24)(H,22,23). The van der Waals surface area contributed by atoms with Crippen molar-refractivity contribution < 1.29 is 19.1 Å². The molecule has 0 aliphatic rings. The van der Waals surface area contributed by atoms with Crippen LogP contribution < -0.4 is 10.6 Å². The Morgan fingerprint density at radius 1 is 0.962 bits per heavy atom. The molecular weight excluding hydrogens is 332 g/mol. The van der Waals surface area contributed by atoms with Crippen molar-refractivity contribution in [3.8, 4) is 0 Å². The highest BCUT2D eigenvalue weighted by molar-refractivity contribution is 5.98. The SMILES string of the molecule is CCNC(=O)c1cccc(NC(=O)COC(=O)c2ccc(C)c(C)c2)c1. The van der Waals surface area contributed by atoms with Crippen molar-refractivity contribution in [3.05, 3.63) is 64.7 Å². The molecule has 2 amide bonds. The average Bonchev–Trinajstić information content (AvgIpc) is 2.62. The van der Waals surface area contributed by atoms with Gasteiger partial charge in [-0.25, -0.2) is 4.79 Å². The van der Waals surface area contributed by atoms with Crippen molar-refractivity contribution in [2.24, 2.45) is 0 Å². The Hall–Kier alpha value is -3.15. The molecule has 6 nitrogen and oxygen atoms in total. The number of benzene rings is 2. The lowest BCUT2D eigenvalue weighted by Gasteiger charge is -2.09. The molecule has 0 saturated carbocycles. The number of anilines is 1. The van der Waals surface area contributed by atoms with Gasteiger partial charge in [0.2, 0.25) is 0 Å². The van der Waals surface area contributed by atoms with Gasteiger partial charge in [-0.1, -0.05) is 12.1 Å². The molecule has 0 fully saturated rings. The summed E-state index contributed by atoms with van der Waals surface area (Å²) in [7, 11) is 0. The Labute approximate surface area is 152 Å². The lowest BCUT2D eigenvalue weighted by Crippen LogP contribution is -2.23. The number of nitrogens with one attached hydrogen (secondary N) is 2. The largest absolute Gasteiger partial charge is 0.452 e. The first-order valence-corrected chi connectivity index (χ1v) is 8.33. The van der Waals surface area contributed by atoms with Crippen molar-refractivity contribution in [3.63, 3.8) is 0 Å². The van der Waals surface area contributed by atoms with E-state index >= 15 is 0 Å². The van der Waals surface area contributed by atoms with Gasteiger partial charge in [0.25, 0.3) is 11.8 Å². The van der Waals surface area contributed by atoms with E-state index in [1.54, 1.807) is 36.4 Å². The van der Waals surface area contributed by atoms with Gasteiger partial charge in [-0.2, -0.15) is 0 Å². The minimum atomic E-state index is -0.556. The van der Waals surface area contributed by atoms with Gasteiger partial charge in [-0.3, -0.25) is 9.59 Å². The van der Waals surface area contributed by atoms with E-state index in [-0.39, 0.29) is 5.91 Å². The molecule has 2 N–H and O–H groups in total. The molecular formula is C20H22N2O4. The van der Waals surface area contributed by atoms with Crippen LogP contribution in [-0.4, -0.2) is 30.9 Å². The third-order valence-electron chi connectivity index (χ3n) is 3.82. The molecule has 2 rings (SSSR count). The summed E-state index contributed by atoms with van der Waals surface area (Å²) in [5.74, 6) is -1.25. The summed E-state index contributed by atoms with van der Waals surface area (Å²) in [4.78, 5) is 35.8. The second-order valence-electron chi connectivity index (χ2n) is 5.86. The molecule has 2 aromatic carbocycles. The van der Waals surface area contributed by atoms with E-state index in [4.69, 9.17) is 4.74 Å². The fourth-order valence-electron chi connectivity index (χ4n) is 2.28. The van der Waals surface area contributed by atoms with Gasteiger partial charge in [0, 0.05) is 17.8 Å². The molecule has 0 radical (unpaired) electrons. The monoisotopic (exact) mass is 354 g/mol. The van der Waals surface area contributed by atoms with Crippen LogP contribution in [0.4, 0.5) is 5.69 Å². The van der Waals surface area contributed by atoms with Crippen molar-refractivity contribution in [1.29, 1.82) is 0 Å². The number of ether oxygens (including phenoxy) is 1. The molecule has 0 heterocycles. The van der Waals surface area contributed by atoms with E-state index in [0.717, 1.165) is 11.1 Å². The molecule has 0 saturated heterocycles. The summed E-state index contributed by atoms with van der Waals surface area (Å²) in [6.45, 7) is 5.79. The summed E-state index contributed by atoms with van der Waals surface area (Å²) in [6, 6.07) is 11.8. The van der Waals surface area contributed by atoms with Crippen LogP contribution in [0.25, 0.3) is 0 Å². The summed E-state index contributed by atoms with van der Waals surface area (Å²) >= 11 is 0. The molecule has 26 heavy (non-hydrogen) atoms. The Morgan fingerprint density at radius 3 is 2.42 bits per heavy atom. The molecule has 0 spiro atoms. The second kappa shape index (κ2) is 8.80. The van der Waals surface area contributed by atoms with Crippen LogP contribution in [0.15, 0.2) is 42.5 Å². The minimum absolute atomic E-state index is 0.218. The van der Waals surface area contributed by atoms with Crippen LogP contribution in [0.1, 0.15) is 38.8 Å². The van der Waals surface area contributed by atoms with Gasteiger partial charge in [-0.15, -0.1) is 0 Å². The zero-order valence-electron chi connectivity index (χ0n) is 15.1. The molecule has 0 unspecified atom stereocenters. The zero-order chi connectivity index (χ0) is 19.1. The Morgan fingerprint density at radius 2 is 1.73 bits per heavy atom. The number of carbonyl (C=O) groups is 3. The molecule has 136 valence electrons. The Balaban J connectivity index is 1.92. The van der Waals surface area contributed by atoms with Crippen molar-refractivity contribution in [1.82, 2.24) is 5.32 Å². The second-order valence-corrected chi connectivity index (χ2v) is 5.86. The molecule has 0 bridgehead atoms. The number of hydrogen-bond donors (Lipinski definition) is 2. The summed E-state index contributed by atoms with van der Waals surface area (Å²) in [5.41, 5.74) is 3.36. The highest BCUT2D eigenvalue weighted by Crippen LogP contribution is 2.12. The maximum Gasteiger partial charge on any atom is 0.338 e. The third-order valence-corrected chi connectivity index (χ3v) is 3.82. The smallest absolute Gasteiger partial charge is 0.338 e. The Kier molecular flexibility index (Phi) is 6.49. The summed E-state index contributed by atoms with van der Waals surface area (Å²) in [5, 5.41) is 5.30. The lowest BCUT2D eigenvalue weighted by molar-refractivity contribution is -0.119. The van der Waals surface area contributed by atoms with Gasteiger partial charge in [-0.05, 0) is 62.2 Å². The van der Waals surface area contributed by atoms with E-state index in [1.807, 2.05) is 26.8 Å². The van der Waals surface area contributed by atoms with E-state index < -0.39 is 18.5 Å². The highest BCUT2D eigenvalue weighted by Gasteiger charge is 2.12. The van der Waals surface area contributed by atoms with Gasteiger partial charge in [0.1, 0.15) is 0 Å². The number of aryl methyl sites for hydroxylation is 2. The number of esters is 1. The maximum atomic E-state index is 12.0. The number of carbonyl (C=O) groups excluding carboxylic acids is 3. The Bertz CT molecular complexity index is 830. The molecule has 0 atom stereocenters. The van der Waals surface area contributed by atoms with Crippen molar-refractivity contribution in [2.75, 3.05) is 18.5 Å². The molecule has 0 aromatic heterocycles. The topological polar surface area (TPSA) is 84.5 Å². The van der Waals surface area contributed by atoms with E-state index in [2.05, 4.69) is 10.6 Å². The van der Waals surface area contributed by atoms with Crippen LogP contribution in [0.3, 0.4) is 0 Å². The van der Waals surface area contributed by atoms with E-state index in [0.29, 0.717) is 23.4 Å². The zero-order valence-corrected chi connectivity index (χ0v) is 15.1. The molecule has 0 aliphatic heterocycles. The molecule has 6 heteroatoms. The number of amides is 2. The predicted molar refractivity (Wildman–Crippen MR) is 99.3 cm³/mol. The third kappa shape index (κ3) is 5.17. The van der Waals surface area contributed by atoms with E-state index in [9.17, 15) is 14.4 Å². The van der Waals surface area contributed by atoms with Gasteiger partial charge in [0.05, 0.1) is 5.56 Å². The number of hydrogen-bond acceptors (Lipinski definition) is 4. The lowest BCUT2D eigenvalue weighted by atomic mass is 10.1. The normalized spacial score (nSPS) is 10.1. The first-order chi connectivity index (χ1) is 12.4. The first kappa shape index (κ1) is 19.2. The average molecular weight is 354 g/mol.